The molecular formula is C21H30N6O2. The Morgan fingerprint density at radius 1 is 1.28 bits per heavy atom. The van der Waals surface area contributed by atoms with Gasteiger partial charge in [-0.1, -0.05) is 40.5 Å². The minimum absolute atomic E-state index is 0.469. The Bertz CT molecular complexity index is 961. The fourth-order valence-corrected chi connectivity index (χ4v) is 3.59. The highest BCUT2D eigenvalue weighted by Crippen LogP contribution is 2.23. The van der Waals surface area contributed by atoms with Crippen LogP contribution in [0.15, 0.2) is 30.9 Å². The summed E-state index contributed by atoms with van der Waals surface area (Å²) in [5.74, 6) is 0.777. The van der Waals surface area contributed by atoms with Gasteiger partial charge in [0.15, 0.2) is 0 Å². The molecule has 8 heteroatoms. The summed E-state index contributed by atoms with van der Waals surface area (Å²) < 4.78 is 3.66. The van der Waals surface area contributed by atoms with Crippen LogP contribution >= 0.6 is 0 Å². The smallest absolute Gasteiger partial charge is 0.328 e. The first-order valence-corrected chi connectivity index (χ1v) is 10.3. The molecule has 3 heterocycles. The molecule has 0 fully saturated rings. The van der Waals surface area contributed by atoms with Gasteiger partial charge >= 0.3 is 5.97 Å². The molecule has 1 unspecified atom stereocenters. The first kappa shape index (κ1) is 20.8. The molecule has 3 aromatic heterocycles. The Balaban J connectivity index is 1.81. The van der Waals surface area contributed by atoms with E-state index in [0.717, 1.165) is 30.4 Å². The number of anilines is 2. The average molecular weight is 399 g/mol. The number of aliphatic carboxylic acids is 1. The largest absolute Gasteiger partial charge is 0.480 e. The molecule has 0 saturated heterocycles. The Labute approximate surface area is 171 Å². The van der Waals surface area contributed by atoms with Crippen molar-refractivity contribution in [2.24, 2.45) is 11.8 Å². The topological polar surface area (TPSA) is 97.9 Å². The second-order valence-corrected chi connectivity index (χ2v) is 7.83. The highest BCUT2D eigenvalue weighted by Gasteiger charge is 2.20. The van der Waals surface area contributed by atoms with Crippen LogP contribution in [0.4, 0.5) is 11.6 Å². The molecule has 0 saturated carbocycles. The SMILES string of the molecule is CCCC(C(=O)O)n1cc(Nc2ncc3ccn(C[C@@H](CC)C(C)C)c3n2)cn1. The van der Waals surface area contributed by atoms with Crippen LogP contribution in [0, 0.1) is 11.8 Å². The van der Waals surface area contributed by atoms with Crippen molar-refractivity contribution < 1.29 is 9.90 Å². The first-order valence-electron chi connectivity index (χ1n) is 10.3. The number of hydrogen-bond acceptors (Lipinski definition) is 5. The van der Waals surface area contributed by atoms with Crippen molar-refractivity contribution in [1.29, 1.82) is 0 Å². The zero-order chi connectivity index (χ0) is 21.0. The number of hydrogen-bond donors (Lipinski definition) is 2. The summed E-state index contributed by atoms with van der Waals surface area (Å²) in [7, 11) is 0. The van der Waals surface area contributed by atoms with Crippen LogP contribution in [0.1, 0.15) is 53.0 Å². The van der Waals surface area contributed by atoms with Crippen molar-refractivity contribution in [3.05, 3.63) is 30.9 Å². The number of aromatic nitrogens is 5. The maximum absolute atomic E-state index is 11.5. The summed E-state index contributed by atoms with van der Waals surface area (Å²) in [6.45, 7) is 9.60. The molecule has 3 aromatic rings. The van der Waals surface area contributed by atoms with E-state index in [1.54, 1.807) is 18.6 Å². The third-order valence-electron chi connectivity index (χ3n) is 5.42. The molecule has 0 aliphatic heterocycles. The molecule has 2 N–H and O–H groups in total. The van der Waals surface area contributed by atoms with Gasteiger partial charge in [-0.2, -0.15) is 10.1 Å². The Hall–Kier alpha value is -2.90. The zero-order valence-corrected chi connectivity index (χ0v) is 17.5. The van der Waals surface area contributed by atoms with Crippen LogP contribution in [0.25, 0.3) is 11.0 Å². The van der Waals surface area contributed by atoms with Gasteiger partial charge in [0, 0.05) is 30.5 Å². The number of nitrogens with one attached hydrogen (secondary N) is 1. The van der Waals surface area contributed by atoms with Crippen molar-refractivity contribution in [3.63, 3.8) is 0 Å². The molecule has 29 heavy (non-hydrogen) atoms. The highest BCUT2D eigenvalue weighted by atomic mass is 16.4. The quantitative estimate of drug-likeness (QED) is 0.522. The Kier molecular flexibility index (Phi) is 6.51. The first-order chi connectivity index (χ1) is 13.9. The van der Waals surface area contributed by atoms with Crippen LogP contribution in [-0.2, 0) is 11.3 Å². The van der Waals surface area contributed by atoms with Crippen LogP contribution in [-0.4, -0.2) is 35.4 Å². The second kappa shape index (κ2) is 9.07. The van der Waals surface area contributed by atoms with E-state index in [0.29, 0.717) is 29.9 Å². The van der Waals surface area contributed by atoms with Gasteiger partial charge in [-0.25, -0.2) is 9.78 Å². The maximum atomic E-state index is 11.5. The van der Waals surface area contributed by atoms with Gasteiger partial charge in [-0.3, -0.25) is 4.68 Å². The van der Waals surface area contributed by atoms with Gasteiger partial charge in [0.2, 0.25) is 5.95 Å². The lowest BCUT2D eigenvalue weighted by Crippen LogP contribution is -2.19. The number of carboxylic acids is 1. The van der Waals surface area contributed by atoms with Crippen molar-refractivity contribution in [1.82, 2.24) is 24.3 Å². The third-order valence-corrected chi connectivity index (χ3v) is 5.42. The molecule has 0 aromatic carbocycles. The molecular weight excluding hydrogens is 368 g/mol. The van der Waals surface area contributed by atoms with Gasteiger partial charge < -0.3 is 15.0 Å². The van der Waals surface area contributed by atoms with Crippen molar-refractivity contribution in [3.8, 4) is 0 Å². The summed E-state index contributed by atoms with van der Waals surface area (Å²) in [6.07, 6.45) is 9.58. The van der Waals surface area contributed by atoms with Crippen molar-refractivity contribution >= 4 is 28.6 Å². The Morgan fingerprint density at radius 3 is 2.72 bits per heavy atom. The van der Waals surface area contributed by atoms with E-state index in [1.165, 1.54) is 4.68 Å². The van der Waals surface area contributed by atoms with E-state index in [-0.39, 0.29) is 0 Å². The summed E-state index contributed by atoms with van der Waals surface area (Å²) in [4.78, 5) is 20.5. The van der Waals surface area contributed by atoms with E-state index in [1.807, 2.05) is 13.0 Å². The van der Waals surface area contributed by atoms with Gasteiger partial charge in [-0.05, 0) is 24.3 Å². The average Bonchev–Trinajstić information content (AvgIpc) is 3.30. The second-order valence-electron chi connectivity index (χ2n) is 7.83. The third kappa shape index (κ3) is 4.75. The van der Waals surface area contributed by atoms with E-state index in [2.05, 4.69) is 46.9 Å². The number of carboxylic acid groups (broad SMARTS) is 1. The molecule has 0 amide bonds. The predicted octanol–water partition coefficient (Wildman–Crippen LogP) is 4.48. The highest BCUT2D eigenvalue weighted by molar-refractivity contribution is 5.76. The van der Waals surface area contributed by atoms with Crippen molar-refractivity contribution in [2.75, 3.05) is 5.32 Å². The van der Waals surface area contributed by atoms with E-state index in [4.69, 9.17) is 4.98 Å². The summed E-state index contributed by atoms with van der Waals surface area (Å²) >= 11 is 0. The monoisotopic (exact) mass is 398 g/mol. The van der Waals surface area contributed by atoms with E-state index >= 15 is 0 Å². The maximum Gasteiger partial charge on any atom is 0.328 e. The molecule has 8 nitrogen and oxygen atoms in total. The fraction of sp³-hybridized carbons (Fsp3) is 0.524. The number of carbonyl (C=O) groups is 1. The number of rotatable bonds is 10. The number of nitrogens with zero attached hydrogens (tertiary/aromatic N) is 5. The van der Waals surface area contributed by atoms with Crippen LogP contribution in [0.5, 0.6) is 0 Å². The molecule has 0 spiro atoms. The fourth-order valence-electron chi connectivity index (χ4n) is 3.59. The van der Waals surface area contributed by atoms with Gasteiger partial charge in [0.1, 0.15) is 11.7 Å². The predicted molar refractivity (Wildman–Crippen MR) is 113 cm³/mol. The van der Waals surface area contributed by atoms with E-state index < -0.39 is 12.0 Å². The van der Waals surface area contributed by atoms with Crippen LogP contribution in [0.2, 0.25) is 0 Å². The van der Waals surface area contributed by atoms with Gasteiger partial charge in [0.25, 0.3) is 0 Å². The standard InChI is InChI=1S/C21H30N6O2/c1-5-7-18(20(28)29)27-13-17(11-23-27)24-21-22-10-16-8-9-26(19(16)25-21)12-15(6-2)14(3)4/h8-11,13-15,18H,5-7,12H2,1-4H3,(H,28,29)(H,22,24,25)/t15-,18?/m1/s1. The van der Waals surface area contributed by atoms with E-state index in [9.17, 15) is 9.90 Å². The number of fused-ring (bicyclic) bond motifs is 1. The molecule has 156 valence electrons. The zero-order valence-electron chi connectivity index (χ0n) is 17.5. The lowest BCUT2D eigenvalue weighted by Gasteiger charge is -2.20. The molecule has 2 atom stereocenters. The molecule has 3 rings (SSSR count). The van der Waals surface area contributed by atoms with Gasteiger partial charge in [-0.15, -0.1) is 0 Å². The van der Waals surface area contributed by atoms with Gasteiger partial charge in [0.05, 0.1) is 11.9 Å². The molecule has 0 bridgehead atoms. The lowest BCUT2D eigenvalue weighted by molar-refractivity contribution is -0.141. The summed E-state index contributed by atoms with van der Waals surface area (Å²) in [6, 6.07) is 1.37. The Morgan fingerprint density at radius 2 is 2.07 bits per heavy atom. The van der Waals surface area contributed by atoms with Crippen LogP contribution in [0.3, 0.4) is 0 Å². The normalized spacial score (nSPS) is 13.7. The van der Waals surface area contributed by atoms with Crippen LogP contribution < -0.4 is 5.32 Å². The summed E-state index contributed by atoms with van der Waals surface area (Å²) in [5, 5.41) is 17.8. The molecule has 0 radical (unpaired) electrons. The minimum atomic E-state index is -0.882. The summed E-state index contributed by atoms with van der Waals surface area (Å²) in [5.41, 5.74) is 1.56. The lowest BCUT2D eigenvalue weighted by atomic mass is 9.93. The molecule has 0 aliphatic carbocycles. The van der Waals surface area contributed by atoms with Crippen molar-refractivity contribution in [2.45, 2.75) is 59.5 Å². The molecule has 0 aliphatic rings. The minimum Gasteiger partial charge on any atom is -0.480 e.